The summed E-state index contributed by atoms with van der Waals surface area (Å²) >= 11 is 0. The highest BCUT2D eigenvalue weighted by Gasteiger charge is 2.20. The highest BCUT2D eigenvalue weighted by molar-refractivity contribution is 5.80. The van der Waals surface area contributed by atoms with Crippen molar-refractivity contribution in [2.45, 2.75) is 51.2 Å². The monoisotopic (exact) mass is 365 g/mol. The molecule has 0 amide bonds. The molecule has 0 spiro atoms. The van der Waals surface area contributed by atoms with Gasteiger partial charge in [0.25, 0.3) is 0 Å². The molecule has 3 unspecified atom stereocenters. The van der Waals surface area contributed by atoms with E-state index >= 15 is 0 Å². The summed E-state index contributed by atoms with van der Waals surface area (Å²) in [5.74, 6) is -4.13. The molecule has 11 heteroatoms. The first-order valence-corrected chi connectivity index (χ1v) is 7.54. The van der Waals surface area contributed by atoms with Crippen LogP contribution in [-0.4, -0.2) is 69.0 Å². The lowest BCUT2D eigenvalue weighted by Gasteiger charge is -2.07. The lowest BCUT2D eigenvalue weighted by Crippen LogP contribution is -2.34. The van der Waals surface area contributed by atoms with Crippen LogP contribution in [0.1, 0.15) is 33.1 Å². The molecule has 1 fully saturated rings. The zero-order valence-corrected chi connectivity index (χ0v) is 14.2. The number of carbonyl (C=O) groups is 4. The molecule has 0 aromatic rings. The van der Waals surface area contributed by atoms with Gasteiger partial charge >= 0.3 is 23.9 Å². The zero-order valence-electron chi connectivity index (χ0n) is 14.2. The van der Waals surface area contributed by atoms with Crippen molar-refractivity contribution in [3.05, 3.63) is 0 Å². The second-order valence-corrected chi connectivity index (χ2v) is 5.64. The number of hydrogen-bond donors (Lipinski definition) is 7. The van der Waals surface area contributed by atoms with Gasteiger partial charge in [0.1, 0.15) is 18.1 Å². The van der Waals surface area contributed by atoms with Crippen molar-refractivity contribution in [2.24, 2.45) is 17.4 Å². The fraction of sp³-hybridized carbons (Fsp3) is 0.714. The van der Waals surface area contributed by atoms with Crippen molar-refractivity contribution in [1.82, 2.24) is 5.32 Å². The fourth-order valence-electron chi connectivity index (χ4n) is 1.46. The van der Waals surface area contributed by atoms with Gasteiger partial charge in [0.15, 0.2) is 0 Å². The average Bonchev–Trinajstić information content (AvgIpc) is 3.01. The second kappa shape index (κ2) is 13.1. The van der Waals surface area contributed by atoms with E-state index in [9.17, 15) is 19.2 Å². The predicted molar refractivity (Wildman–Crippen MR) is 87.0 cm³/mol. The Bertz CT molecular complexity index is 437. The molecule has 0 bridgehead atoms. The topological polar surface area (TPSA) is 213 Å². The second-order valence-electron chi connectivity index (χ2n) is 5.64. The Morgan fingerprint density at radius 1 is 1.04 bits per heavy atom. The molecule has 9 N–H and O–H groups in total. The number of carboxylic acid groups (broad SMARTS) is 4. The van der Waals surface area contributed by atoms with Crippen LogP contribution in [0.5, 0.6) is 0 Å². The van der Waals surface area contributed by atoms with Crippen molar-refractivity contribution in [3.8, 4) is 0 Å². The van der Waals surface area contributed by atoms with Gasteiger partial charge in [-0.2, -0.15) is 0 Å². The Labute approximate surface area is 145 Å². The summed E-state index contributed by atoms with van der Waals surface area (Å²) in [6.07, 6.45) is 1.25. The van der Waals surface area contributed by atoms with Crippen molar-refractivity contribution in [1.29, 1.82) is 0 Å². The van der Waals surface area contributed by atoms with Gasteiger partial charge in [-0.15, -0.1) is 0 Å². The first-order chi connectivity index (χ1) is 11.4. The third-order valence-corrected chi connectivity index (χ3v) is 3.07. The Kier molecular flexibility index (Phi) is 13.1. The number of carboxylic acids is 4. The smallest absolute Gasteiger partial charge is 0.321 e. The Morgan fingerprint density at radius 2 is 1.56 bits per heavy atom. The van der Waals surface area contributed by atoms with Crippen molar-refractivity contribution in [2.75, 3.05) is 6.54 Å². The molecule has 3 atom stereocenters. The van der Waals surface area contributed by atoms with Crippen LogP contribution in [0.2, 0.25) is 0 Å². The van der Waals surface area contributed by atoms with E-state index in [1.807, 2.05) is 0 Å². The van der Waals surface area contributed by atoms with Crippen LogP contribution in [0.3, 0.4) is 0 Å². The maximum absolute atomic E-state index is 10.1. The Hall–Kier alpha value is -2.24. The molecule has 146 valence electrons. The van der Waals surface area contributed by atoms with E-state index in [2.05, 4.69) is 5.32 Å². The maximum Gasteiger partial charge on any atom is 0.321 e. The maximum atomic E-state index is 10.1. The minimum absolute atomic E-state index is 0.0208. The fourth-order valence-corrected chi connectivity index (χ4v) is 1.46. The largest absolute Gasteiger partial charge is 0.481 e. The summed E-state index contributed by atoms with van der Waals surface area (Å²) < 4.78 is 0. The van der Waals surface area contributed by atoms with Gasteiger partial charge in [0.05, 0.1) is 6.42 Å². The SMILES string of the molecule is CC(C)C(N)C(=O)O.NC(CC(=O)O)C(=O)O.O=C(O)C1CCCN1. The molecule has 1 rings (SSSR count). The van der Waals surface area contributed by atoms with Crippen LogP contribution in [0.15, 0.2) is 0 Å². The van der Waals surface area contributed by atoms with E-state index in [0.717, 1.165) is 19.4 Å². The zero-order chi connectivity index (χ0) is 20.2. The van der Waals surface area contributed by atoms with Crippen LogP contribution in [0, 0.1) is 5.92 Å². The van der Waals surface area contributed by atoms with E-state index in [0.29, 0.717) is 0 Å². The van der Waals surface area contributed by atoms with E-state index in [-0.39, 0.29) is 12.0 Å². The average molecular weight is 365 g/mol. The molecule has 1 saturated heterocycles. The van der Waals surface area contributed by atoms with Crippen LogP contribution in [-0.2, 0) is 19.2 Å². The van der Waals surface area contributed by atoms with Gasteiger partial charge in [0, 0.05) is 0 Å². The molecule has 1 aliphatic rings. The normalized spacial score (nSPS) is 18.0. The van der Waals surface area contributed by atoms with Crippen LogP contribution >= 0.6 is 0 Å². The molecule has 11 nitrogen and oxygen atoms in total. The van der Waals surface area contributed by atoms with E-state index in [1.54, 1.807) is 13.8 Å². The predicted octanol–water partition coefficient (Wildman–Crippen LogP) is -1.25. The van der Waals surface area contributed by atoms with Gasteiger partial charge in [-0.25, -0.2) is 0 Å². The molecule has 0 aromatic heterocycles. The van der Waals surface area contributed by atoms with E-state index in [1.165, 1.54) is 0 Å². The number of nitrogens with two attached hydrogens (primary N) is 2. The summed E-state index contributed by atoms with van der Waals surface area (Å²) in [6.45, 7) is 4.41. The number of rotatable bonds is 6. The Morgan fingerprint density at radius 3 is 1.68 bits per heavy atom. The number of aliphatic carboxylic acids is 4. The number of hydrogen-bond acceptors (Lipinski definition) is 7. The molecule has 0 saturated carbocycles. The highest BCUT2D eigenvalue weighted by atomic mass is 16.4. The highest BCUT2D eigenvalue weighted by Crippen LogP contribution is 2.03. The molecule has 0 radical (unpaired) electrons. The van der Waals surface area contributed by atoms with Gasteiger partial charge < -0.3 is 37.2 Å². The van der Waals surface area contributed by atoms with Gasteiger partial charge in [0.2, 0.25) is 0 Å². The summed E-state index contributed by atoms with van der Waals surface area (Å²) in [6, 6.07) is -2.27. The van der Waals surface area contributed by atoms with Gasteiger partial charge in [-0.05, 0) is 25.3 Å². The van der Waals surface area contributed by atoms with E-state index < -0.39 is 42.4 Å². The first kappa shape index (κ1) is 25.0. The van der Waals surface area contributed by atoms with Crippen LogP contribution < -0.4 is 16.8 Å². The van der Waals surface area contributed by atoms with Crippen LogP contribution in [0.4, 0.5) is 0 Å². The molecule has 1 heterocycles. The lowest BCUT2D eigenvalue weighted by molar-refractivity contribution is -0.144. The van der Waals surface area contributed by atoms with E-state index in [4.69, 9.17) is 31.9 Å². The minimum Gasteiger partial charge on any atom is -0.481 e. The van der Waals surface area contributed by atoms with Gasteiger partial charge in [-0.3, -0.25) is 19.2 Å². The molecule has 0 aromatic carbocycles. The van der Waals surface area contributed by atoms with Crippen molar-refractivity contribution >= 4 is 23.9 Å². The molecular formula is C14H27N3O8. The lowest BCUT2D eigenvalue weighted by atomic mass is 10.1. The summed E-state index contributed by atoms with van der Waals surface area (Å²) in [4.78, 5) is 39.8. The molecule has 25 heavy (non-hydrogen) atoms. The summed E-state index contributed by atoms with van der Waals surface area (Å²) in [5, 5.41) is 35.5. The molecular weight excluding hydrogens is 338 g/mol. The van der Waals surface area contributed by atoms with Crippen molar-refractivity contribution < 1.29 is 39.6 Å². The standard InChI is InChI=1S/C5H9NO2.C5H11NO2.C4H7NO4/c7-5(8)4-2-1-3-6-4;1-3(2)4(6)5(7)8;5-2(4(8)9)1-3(6)7/h4,6H,1-3H2,(H,7,8);3-4H,6H2,1-2H3,(H,7,8);2H,1,5H2,(H,6,7)(H,8,9). The molecule has 1 aliphatic heterocycles. The van der Waals surface area contributed by atoms with Crippen LogP contribution in [0.25, 0.3) is 0 Å². The minimum atomic E-state index is -1.29. The van der Waals surface area contributed by atoms with Gasteiger partial charge in [-0.1, -0.05) is 13.8 Å². The third kappa shape index (κ3) is 13.9. The Balaban J connectivity index is 0. The quantitative estimate of drug-likeness (QED) is 0.295. The number of nitrogens with one attached hydrogen (secondary N) is 1. The summed E-state index contributed by atoms with van der Waals surface area (Å²) in [5.41, 5.74) is 10.00. The van der Waals surface area contributed by atoms with Crippen molar-refractivity contribution in [3.63, 3.8) is 0 Å². The summed E-state index contributed by atoms with van der Waals surface area (Å²) in [7, 11) is 0. The first-order valence-electron chi connectivity index (χ1n) is 7.54. The third-order valence-electron chi connectivity index (χ3n) is 3.07. The molecule has 0 aliphatic carbocycles.